The second kappa shape index (κ2) is 8.84. The van der Waals surface area contributed by atoms with Crippen molar-refractivity contribution in [3.63, 3.8) is 0 Å². The zero-order valence-electron chi connectivity index (χ0n) is 17.8. The lowest BCUT2D eigenvalue weighted by Gasteiger charge is -2.34. The second-order valence-electron chi connectivity index (χ2n) is 8.60. The van der Waals surface area contributed by atoms with E-state index in [-0.39, 0.29) is 6.03 Å². The average molecular weight is 416 g/mol. The first-order chi connectivity index (χ1) is 15.3. The third kappa shape index (κ3) is 4.43. The standard InChI is InChI=1S/C25H29N5O/c31-25(26-15-19-4-2-1-3-5-19)29-11-8-20(9-12-29)18-30-13-10-22-14-21(6-7-24(22)30)23-16-27-28-17-23/h1-7,14,16-17,20H,8-13,15,18H2,(H,26,31)(H,27,28). The molecule has 3 heterocycles. The Bertz CT molecular complexity index is 1010. The van der Waals surface area contributed by atoms with E-state index in [4.69, 9.17) is 0 Å². The molecule has 160 valence electrons. The molecule has 0 spiro atoms. The molecule has 1 fully saturated rings. The minimum atomic E-state index is 0.0561. The maximum absolute atomic E-state index is 12.5. The summed E-state index contributed by atoms with van der Waals surface area (Å²) in [4.78, 5) is 17.0. The predicted molar refractivity (Wildman–Crippen MR) is 123 cm³/mol. The van der Waals surface area contributed by atoms with Gasteiger partial charge < -0.3 is 15.1 Å². The van der Waals surface area contributed by atoms with E-state index in [0.717, 1.165) is 56.6 Å². The first-order valence-electron chi connectivity index (χ1n) is 11.2. The number of piperidine rings is 1. The number of aromatic nitrogens is 2. The van der Waals surface area contributed by atoms with Gasteiger partial charge in [0.2, 0.25) is 0 Å². The van der Waals surface area contributed by atoms with E-state index in [1.165, 1.54) is 16.8 Å². The minimum absolute atomic E-state index is 0.0561. The number of nitrogens with zero attached hydrogens (tertiary/aromatic N) is 3. The van der Waals surface area contributed by atoms with Gasteiger partial charge in [-0.1, -0.05) is 36.4 Å². The maximum Gasteiger partial charge on any atom is 0.317 e. The second-order valence-corrected chi connectivity index (χ2v) is 8.60. The molecule has 2 amide bonds. The molecule has 6 heteroatoms. The van der Waals surface area contributed by atoms with Gasteiger partial charge in [-0.25, -0.2) is 4.79 Å². The summed E-state index contributed by atoms with van der Waals surface area (Å²) in [6.07, 6.45) is 7.05. The summed E-state index contributed by atoms with van der Waals surface area (Å²) >= 11 is 0. The van der Waals surface area contributed by atoms with Crippen LogP contribution in [0, 0.1) is 5.92 Å². The van der Waals surface area contributed by atoms with Crippen LogP contribution in [0.1, 0.15) is 24.0 Å². The fraction of sp³-hybridized carbons (Fsp3) is 0.360. The van der Waals surface area contributed by atoms with Gasteiger partial charge in [0.25, 0.3) is 0 Å². The van der Waals surface area contributed by atoms with Crippen LogP contribution in [0.2, 0.25) is 0 Å². The monoisotopic (exact) mass is 415 g/mol. The molecule has 3 aromatic rings. The highest BCUT2D eigenvalue weighted by molar-refractivity contribution is 5.74. The van der Waals surface area contributed by atoms with Crippen LogP contribution in [-0.2, 0) is 13.0 Å². The molecular formula is C25H29N5O. The van der Waals surface area contributed by atoms with Gasteiger partial charge in [-0.05, 0) is 54.0 Å². The largest absolute Gasteiger partial charge is 0.371 e. The fourth-order valence-corrected chi connectivity index (χ4v) is 4.76. The van der Waals surface area contributed by atoms with Crippen molar-refractivity contribution < 1.29 is 4.79 Å². The number of nitrogens with one attached hydrogen (secondary N) is 2. The average Bonchev–Trinajstić information content (AvgIpc) is 3.49. The summed E-state index contributed by atoms with van der Waals surface area (Å²) in [6.45, 7) is 4.43. The molecule has 1 saturated heterocycles. The summed E-state index contributed by atoms with van der Waals surface area (Å²) in [6, 6.07) is 16.9. The molecule has 0 unspecified atom stereocenters. The molecule has 2 N–H and O–H groups in total. The zero-order chi connectivity index (χ0) is 21.0. The maximum atomic E-state index is 12.5. The molecule has 6 nitrogen and oxygen atoms in total. The Morgan fingerprint density at radius 3 is 2.68 bits per heavy atom. The molecule has 0 atom stereocenters. The number of amides is 2. The predicted octanol–water partition coefficient (Wildman–Crippen LogP) is 4.06. The van der Waals surface area contributed by atoms with Crippen molar-refractivity contribution >= 4 is 11.7 Å². The van der Waals surface area contributed by atoms with Crippen molar-refractivity contribution in [3.8, 4) is 11.1 Å². The summed E-state index contributed by atoms with van der Waals surface area (Å²) in [5.74, 6) is 0.637. The van der Waals surface area contributed by atoms with Crippen LogP contribution in [0.4, 0.5) is 10.5 Å². The Hall–Kier alpha value is -3.28. The van der Waals surface area contributed by atoms with Gasteiger partial charge in [-0.3, -0.25) is 5.10 Å². The van der Waals surface area contributed by atoms with Gasteiger partial charge in [-0.2, -0.15) is 5.10 Å². The lowest BCUT2D eigenvalue weighted by Crippen LogP contribution is -2.45. The number of anilines is 1. The Morgan fingerprint density at radius 1 is 1.06 bits per heavy atom. The number of rotatable bonds is 5. The highest BCUT2D eigenvalue weighted by Crippen LogP contribution is 2.33. The van der Waals surface area contributed by atoms with Crippen molar-refractivity contribution in [2.45, 2.75) is 25.8 Å². The van der Waals surface area contributed by atoms with Crippen LogP contribution in [0.25, 0.3) is 11.1 Å². The Morgan fingerprint density at radius 2 is 1.90 bits per heavy atom. The summed E-state index contributed by atoms with van der Waals surface area (Å²) < 4.78 is 0. The molecule has 0 saturated carbocycles. The van der Waals surface area contributed by atoms with Gasteiger partial charge in [0.1, 0.15) is 0 Å². The molecule has 5 rings (SSSR count). The van der Waals surface area contributed by atoms with E-state index < -0.39 is 0 Å². The van der Waals surface area contributed by atoms with Gasteiger partial charge in [0, 0.05) is 50.2 Å². The third-order valence-corrected chi connectivity index (χ3v) is 6.57. The molecule has 1 aromatic heterocycles. The van der Waals surface area contributed by atoms with Gasteiger partial charge in [0.05, 0.1) is 6.20 Å². The minimum Gasteiger partial charge on any atom is -0.371 e. The Kier molecular flexibility index (Phi) is 5.61. The molecular weight excluding hydrogens is 386 g/mol. The number of aromatic amines is 1. The van der Waals surface area contributed by atoms with Gasteiger partial charge in [-0.15, -0.1) is 0 Å². The normalized spacial score (nSPS) is 16.4. The molecule has 31 heavy (non-hydrogen) atoms. The lowest BCUT2D eigenvalue weighted by atomic mass is 9.96. The summed E-state index contributed by atoms with van der Waals surface area (Å²) in [5, 5.41) is 10.0. The fourth-order valence-electron chi connectivity index (χ4n) is 4.76. The Labute approximate surface area is 183 Å². The van der Waals surface area contributed by atoms with Crippen LogP contribution in [0.5, 0.6) is 0 Å². The summed E-state index contributed by atoms with van der Waals surface area (Å²) in [5.41, 5.74) is 6.30. The molecule has 2 aliphatic rings. The van der Waals surface area contributed by atoms with Crippen molar-refractivity contribution in [2.75, 3.05) is 31.1 Å². The highest BCUT2D eigenvalue weighted by atomic mass is 16.2. The molecule has 2 aromatic carbocycles. The van der Waals surface area contributed by atoms with E-state index in [1.54, 1.807) is 0 Å². The first-order valence-corrected chi connectivity index (χ1v) is 11.2. The molecule has 0 bridgehead atoms. The Balaban J connectivity index is 1.12. The van der Waals surface area contributed by atoms with E-state index in [0.29, 0.717) is 12.5 Å². The van der Waals surface area contributed by atoms with Gasteiger partial charge in [0.15, 0.2) is 0 Å². The van der Waals surface area contributed by atoms with Crippen LogP contribution < -0.4 is 10.2 Å². The van der Waals surface area contributed by atoms with E-state index in [2.05, 4.69) is 38.6 Å². The van der Waals surface area contributed by atoms with Crippen molar-refractivity contribution in [1.82, 2.24) is 20.4 Å². The van der Waals surface area contributed by atoms with Crippen LogP contribution in [0.15, 0.2) is 60.9 Å². The number of hydrogen-bond acceptors (Lipinski definition) is 3. The third-order valence-electron chi connectivity index (χ3n) is 6.57. The lowest BCUT2D eigenvalue weighted by molar-refractivity contribution is 0.171. The van der Waals surface area contributed by atoms with Gasteiger partial charge >= 0.3 is 6.03 Å². The first kappa shape index (κ1) is 19.7. The topological polar surface area (TPSA) is 64.3 Å². The van der Waals surface area contributed by atoms with Crippen molar-refractivity contribution in [3.05, 3.63) is 72.1 Å². The number of benzene rings is 2. The van der Waals surface area contributed by atoms with Crippen molar-refractivity contribution in [1.29, 1.82) is 0 Å². The molecule has 0 radical (unpaired) electrons. The smallest absolute Gasteiger partial charge is 0.317 e. The zero-order valence-corrected chi connectivity index (χ0v) is 17.8. The van der Waals surface area contributed by atoms with E-state index in [1.807, 2.05) is 47.6 Å². The highest BCUT2D eigenvalue weighted by Gasteiger charge is 2.27. The number of fused-ring (bicyclic) bond motifs is 1. The number of H-pyrrole nitrogens is 1. The van der Waals surface area contributed by atoms with Crippen LogP contribution >= 0.6 is 0 Å². The molecule has 0 aliphatic carbocycles. The summed E-state index contributed by atoms with van der Waals surface area (Å²) in [7, 11) is 0. The molecule has 2 aliphatic heterocycles. The van der Waals surface area contributed by atoms with Crippen LogP contribution in [0.3, 0.4) is 0 Å². The van der Waals surface area contributed by atoms with Crippen LogP contribution in [-0.4, -0.2) is 47.3 Å². The number of hydrogen-bond donors (Lipinski definition) is 2. The quantitative estimate of drug-likeness (QED) is 0.661. The van der Waals surface area contributed by atoms with E-state index in [9.17, 15) is 4.79 Å². The number of carbonyl (C=O) groups excluding carboxylic acids is 1. The SMILES string of the molecule is O=C(NCc1ccccc1)N1CCC(CN2CCc3cc(-c4cn[nH]c4)ccc32)CC1. The van der Waals surface area contributed by atoms with Crippen molar-refractivity contribution in [2.24, 2.45) is 5.92 Å². The number of carbonyl (C=O) groups is 1. The van der Waals surface area contributed by atoms with E-state index >= 15 is 0 Å². The number of likely N-dealkylation sites (tertiary alicyclic amines) is 1. The number of urea groups is 1.